The molecule has 0 aliphatic heterocycles. The molecule has 0 aliphatic rings. The van der Waals surface area contributed by atoms with Crippen LogP contribution < -0.4 is 10.9 Å². The van der Waals surface area contributed by atoms with Crippen LogP contribution in [0.2, 0.25) is 0 Å². The Morgan fingerprint density at radius 1 is 0.931 bits per heavy atom. The topological polar surface area (TPSA) is 51.1 Å². The summed E-state index contributed by atoms with van der Waals surface area (Å²) in [4.78, 5) is 27.4. The first-order valence-electron chi connectivity index (χ1n) is 9.33. The number of aromatic nitrogens is 1. The number of para-hydroxylation sites is 2. The standard InChI is InChI=1S/C24H20N2O2S/c1-17-15-24(28)26(21-13-7-5-11-19(17)21)16-23(27)25-20-12-6-8-14-22(20)29-18-9-3-2-4-10-18/h2-15H,16H2,1H3,(H,25,27). The summed E-state index contributed by atoms with van der Waals surface area (Å²) in [6.45, 7) is 1.87. The van der Waals surface area contributed by atoms with E-state index in [9.17, 15) is 9.59 Å². The summed E-state index contributed by atoms with van der Waals surface area (Å²) in [6.07, 6.45) is 0. The van der Waals surface area contributed by atoms with E-state index in [1.54, 1.807) is 17.8 Å². The highest BCUT2D eigenvalue weighted by Gasteiger charge is 2.12. The van der Waals surface area contributed by atoms with E-state index in [0.29, 0.717) is 0 Å². The Morgan fingerprint density at radius 2 is 1.62 bits per heavy atom. The van der Waals surface area contributed by atoms with Crippen molar-refractivity contribution in [3.63, 3.8) is 0 Å². The molecule has 3 aromatic carbocycles. The van der Waals surface area contributed by atoms with Crippen molar-refractivity contribution < 1.29 is 4.79 Å². The van der Waals surface area contributed by atoms with E-state index < -0.39 is 0 Å². The molecule has 0 saturated carbocycles. The Bertz CT molecular complexity index is 1230. The molecule has 0 bridgehead atoms. The molecule has 144 valence electrons. The van der Waals surface area contributed by atoms with Crippen LogP contribution in [0.3, 0.4) is 0 Å². The smallest absolute Gasteiger partial charge is 0.251 e. The number of nitrogens with zero attached hydrogens (tertiary/aromatic N) is 1. The van der Waals surface area contributed by atoms with Gasteiger partial charge in [0, 0.05) is 21.2 Å². The first kappa shape index (κ1) is 19.0. The van der Waals surface area contributed by atoms with Crippen LogP contribution in [0.1, 0.15) is 5.56 Å². The van der Waals surface area contributed by atoms with Crippen molar-refractivity contribution >= 4 is 34.3 Å². The van der Waals surface area contributed by atoms with Crippen LogP contribution >= 0.6 is 11.8 Å². The van der Waals surface area contributed by atoms with Crippen LogP contribution in [0.15, 0.2) is 99.5 Å². The maximum absolute atomic E-state index is 12.8. The Balaban J connectivity index is 1.59. The molecule has 29 heavy (non-hydrogen) atoms. The molecule has 4 aromatic rings. The summed E-state index contributed by atoms with van der Waals surface area (Å²) < 4.78 is 1.52. The first-order chi connectivity index (χ1) is 14.1. The third-order valence-corrected chi connectivity index (χ3v) is 5.74. The molecule has 4 nitrogen and oxygen atoms in total. The number of aryl methyl sites for hydroxylation is 1. The maximum atomic E-state index is 12.8. The van der Waals surface area contributed by atoms with E-state index in [1.807, 2.05) is 85.8 Å². The molecule has 0 atom stereocenters. The lowest BCUT2D eigenvalue weighted by Gasteiger charge is -2.14. The van der Waals surface area contributed by atoms with Gasteiger partial charge in [-0.3, -0.25) is 14.2 Å². The Morgan fingerprint density at radius 3 is 2.45 bits per heavy atom. The zero-order valence-electron chi connectivity index (χ0n) is 16.0. The number of anilines is 1. The minimum Gasteiger partial charge on any atom is -0.324 e. The molecular formula is C24H20N2O2S. The molecule has 0 aliphatic carbocycles. The zero-order valence-corrected chi connectivity index (χ0v) is 16.8. The molecular weight excluding hydrogens is 380 g/mol. The SMILES string of the molecule is Cc1cc(=O)n(CC(=O)Nc2ccccc2Sc2ccccc2)c2ccccc12. The minimum absolute atomic E-state index is 0.0377. The molecule has 0 saturated heterocycles. The van der Waals surface area contributed by atoms with E-state index in [4.69, 9.17) is 0 Å². The number of fused-ring (bicyclic) bond motifs is 1. The molecule has 1 amide bonds. The fourth-order valence-electron chi connectivity index (χ4n) is 3.27. The van der Waals surface area contributed by atoms with Gasteiger partial charge in [-0.2, -0.15) is 0 Å². The van der Waals surface area contributed by atoms with Crippen LogP contribution in [0.4, 0.5) is 5.69 Å². The average Bonchev–Trinajstić information content (AvgIpc) is 2.73. The quantitative estimate of drug-likeness (QED) is 0.507. The normalized spacial score (nSPS) is 10.8. The van der Waals surface area contributed by atoms with Gasteiger partial charge in [0.25, 0.3) is 5.56 Å². The fraction of sp³-hybridized carbons (Fsp3) is 0.0833. The molecule has 1 N–H and O–H groups in total. The number of hydrogen-bond donors (Lipinski definition) is 1. The maximum Gasteiger partial charge on any atom is 0.251 e. The number of pyridine rings is 1. The van der Waals surface area contributed by atoms with Gasteiger partial charge in [-0.1, -0.05) is 60.3 Å². The average molecular weight is 401 g/mol. The third-order valence-electron chi connectivity index (χ3n) is 4.66. The van der Waals surface area contributed by atoms with Gasteiger partial charge in [-0.25, -0.2) is 0 Å². The van der Waals surface area contributed by atoms with Crippen molar-refractivity contribution in [1.29, 1.82) is 0 Å². The molecule has 0 unspecified atom stereocenters. The van der Waals surface area contributed by atoms with Gasteiger partial charge in [-0.15, -0.1) is 0 Å². The zero-order chi connectivity index (χ0) is 20.2. The van der Waals surface area contributed by atoms with Crippen molar-refractivity contribution in [2.24, 2.45) is 0 Å². The van der Waals surface area contributed by atoms with E-state index in [0.717, 1.165) is 31.9 Å². The van der Waals surface area contributed by atoms with Crippen molar-refractivity contribution in [3.05, 3.63) is 101 Å². The Hall–Kier alpha value is -3.31. The number of nitrogens with one attached hydrogen (secondary N) is 1. The van der Waals surface area contributed by atoms with Crippen LogP contribution in [0.25, 0.3) is 10.9 Å². The van der Waals surface area contributed by atoms with E-state index >= 15 is 0 Å². The molecule has 0 spiro atoms. The second-order valence-electron chi connectivity index (χ2n) is 6.73. The molecule has 1 aromatic heterocycles. The van der Waals surface area contributed by atoms with Crippen molar-refractivity contribution in [3.8, 4) is 0 Å². The highest BCUT2D eigenvalue weighted by atomic mass is 32.2. The Labute approximate surface area is 173 Å². The Kier molecular flexibility index (Phi) is 5.49. The first-order valence-corrected chi connectivity index (χ1v) is 10.1. The third kappa shape index (κ3) is 4.25. The predicted octanol–water partition coefficient (Wildman–Crippen LogP) is 5.10. The van der Waals surface area contributed by atoms with Crippen LogP contribution in [-0.4, -0.2) is 10.5 Å². The lowest BCUT2D eigenvalue weighted by Crippen LogP contribution is -2.28. The number of hydrogen-bond acceptors (Lipinski definition) is 3. The number of rotatable bonds is 5. The predicted molar refractivity (Wildman–Crippen MR) is 119 cm³/mol. The number of carbonyl (C=O) groups excluding carboxylic acids is 1. The van der Waals surface area contributed by atoms with E-state index in [1.165, 1.54) is 4.57 Å². The lowest BCUT2D eigenvalue weighted by atomic mass is 10.1. The monoisotopic (exact) mass is 400 g/mol. The van der Waals surface area contributed by atoms with Crippen molar-refractivity contribution in [2.75, 3.05) is 5.32 Å². The molecule has 0 radical (unpaired) electrons. The number of amides is 1. The fourth-order valence-corrected chi connectivity index (χ4v) is 4.20. The van der Waals surface area contributed by atoms with Crippen molar-refractivity contribution in [2.45, 2.75) is 23.3 Å². The molecule has 5 heteroatoms. The van der Waals surface area contributed by atoms with E-state index in [-0.39, 0.29) is 18.0 Å². The summed E-state index contributed by atoms with van der Waals surface area (Å²) in [5.74, 6) is -0.234. The summed E-state index contributed by atoms with van der Waals surface area (Å²) >= 11 is 1.59. The second kappa shape index (κ2) is 8.37. The highest BCUT2D eigenvalue weighted by Crippen LogP contribution is 2.33. The lowest BCUT2D eigenvalue weighted by molar-refractivity contribution is -0.116. The van der Waals surface area contributed by atoms with Gasteiger partial charge in [0.15, 0.2) is 0 Å². The van der Waals surface area contributed by atoms with Gasteiger partial charge in [0.2, 0.25) is 5.91 Å². The number of benzene rings is 3. The molecule has 1 heterocycles. The second-order valence-corrected chi connectivity index (χ2v) is 7.84. The largest absolute Gasteiger partial charge is 0.324 e. The van der Waals surface area contributed by atoms with Gasteiger partial charge in [0.05, 0.1) is 11.2 Å². The van der Waals surface area contributed by atoms with Gasteiger partial charge < -0.3 is 5.32 Å². The minimum atomic E-state index is -0.234. The van der Waals surface area contributed by atoms with Crippen LogP contribution in [-0.2, 0) is 11.3 Å². The van der Waals surface area contributed by atoms with Crippen molar-refractivity contribution in [1.82, 2.24) is 4.57 Å². The van der Waals surface area contributed by atoms with Crippen LogP contribution in [0.5, 0.6) is 0 Å². The van der Waals surface area contributed by atoms with Gasteiger partial charge >= 0.3 is 0 Å². The van der Waals surface area contributed by atoms with E-state index in [2.05, 4.69) is 5.32 Å². The summed E-state index contributed by atoms with van der Waals surface area (Å²) in [5, 5.41) is 3.94. The molecule has 0 fully saturated rings. The van der Waals surface area contributed by atoms with Crippen LogP contribution in [0, 0.1) is 6.92 Å². The summed E-state index contributed by atoms with van der Waals surface area (Å²) in [5.41, 5.74) is 2.23. The number of carbonyl (C=O) groups is 1. The van der Waals surface area contributed by atoms with Gasteiger partial charge in [-0.05, 0) is 42.8 Å². The molecule has 4 rings (SSSR count). The van der Waals surface area contributed by atoms with Gasteiger partial charge in [0.1, 0.15) is 6.54 Å². The summed E-state index contributed by atoms with van der Waals surface area (Å²) in [7, 11) is 0. The summed E-state index contributed by atoms with van der Waals surface area (Å²) in [6, 6.07) is 26.9. The highest BCUT2D eigenvalue weighted by molar-refractivity contribution is 7.99.